The number of nitrogens with zero attached hydrogens (tertiary/aromatic N) is 5. The van der Waals surface area contributed by atoms with Crippen molar-refractivity contribution in [3.05, 3.63) is 54.5 Å². The average molecular weight is 359 g/mol. The van der Waals surface area contributed by atoms with Gasteiger partial charge in [0.05, 0.1) is 11.2 Å². The first-order chi connectivity index (χ1) is 13.3. The van der Waals surface area contributed by atoms with E-state index in [1.165, 1.54) is 18.2 Å². The molecule has 2 aliphatic heterocycles. The number of piperidine rings is 1. The Balaban J connectivity index is 1.33. The second kappa shape index (κ2) is 6.80. The fourth-order valence-corrected chi connectivity index (χ4v) is 4.16. The average Bonchev–Trinajstić information content (AvgIpc) is 2.68. The van der Waals surface area contributed by atoms with Crippen molar-refractivity contribution in [1.29, 1.82) is 0 Å². The van der Waals surface area contributed by atoms with Crippen molar-refractivity contribution in [3.63, 3.8) is 0 Å². The maximum absolute atomic E-state index is 4.83. The molecule has 2 aliphatic rings. The number of benzene rings is 1. The first-order valence-corrected chi connectivity index (χ1v) is 9.94. The summed E-state index contributed by atoms with van der Waals surface area (Å²) in [6.07, 6.45) is 6.15. The van der Waals surface area contributed by atoms with E-state index in [1.807, 2.05) is 18.5 Å². The molecule has 27 heavy (non-hydrogen) atoms. The summed E-state index contributed by atoms with van der Waals surface area (Å²) >= 11 is 0. The quantitative estimate of drug-likeness (QED) is 0.710. The van der Waals surface area contributed by atoms with Gasteiger partial charge in [-0.2, -0.15) is 0 Å². The standard InChI is InChI=1S/C22H25N5/c1-16-8-12-26(13-9-16)22-21(23-10-11-24-22)18-14-27(15-18)20-7-6-17-4-2-3-5-19(17)25-20/h2-7,10-11,16,18H,8-9,12-15H2,1H3. The summed E-state index contributed by atoms with van der Waals surface area (Å²) in [6.45, 7) is 6.45. The van der Waals surface area contributed by atoms with Gasteiger partial charge in [0.25, 0.3) is 0 Å². The predicted molar refractivity (Wildman–Crippen MR) is 109 cm³/mol. The zero-order valence-electron chi connectivity index (χ0n) is 15.8. The van der Waals surface area contributed by atoms with Crippen LogP contribution in [-0.4, -0.2) is 41.1 Å². The van der Waals surface area contributed by atoms with Gasteiger partial charge in [0.2, 0.25) is 0 Å². The molecule has 0 saturated carbocycles. The van der Waals surface area contributed by atoms with Crippen LogP contribution in [0.4, 0.5) is 11.6 Å². The number of fused-ring (bicyclic) bond motifs is 1. The van der Waals surface area contributed by atoms with Gasteiger partial charge in [-0.1, -0.05) is 25.1 Å². The highest BCUT2D eigenvalue weighted by atomic mass is 15.3. The van der Waals surface area contributed by atoms with E-state index < -0.39 is 0 Å². The number of pyridine rings is 1. The van der Waals surface area contributed by atoms with Crippen LogP contribution in [0.25, 0.3) is 10.9 Å². The Morgan fingerprint density at radius 1 is 0.889 bits per heavy atom. The minimum Gasteiger partial charge on any atom is -0.355 e. The van der Waals surface area contributed by atoms with E-state index in [2.05, 4.69) is 47.1 Å². The predicted octanol–water partition coefficient (Wildman–Crippen LogP) is 3.86. The van der Waals surface area contributed by atoms with Crippen molar-refractivity contribution in [1.82, 2.24) is 15.0 Å². The Bertz CT molecular complexity index is 942. The van der Waals surface area contributed by atoms with Crippen molar-refractivity contribution in [2.24, 2.45) is 5.92 Å². The molecule has 0 unspecified atom stereocenters. The normalized spacial score (nSPS) is 18.7. The molecule has 3 aromatic rings. The van der Waals surface area contributed by atoms with E-state index in [4.69, 9.17) is 15.0 Å². The minimum atomic E-state index is 0.432. The Morgan fingerprint density at radius 2 is 1.67 bits per heavy atom. The van der Waals surface area contributed by atoms with Crippen LogP contribution in [-0.2, 0) is 0 Å². The van der Waals surface area contributed by atoms with E-state index in [0.29, 0.717) is 5.92 Å². The summed E-state index contributed by atoms with van der Waals surface area (Å²) in [7, 11) is 0. The molecule has 5 heteroatoms. The van der Waals surface area contributed by atoms with Crippen LogP contribution in [0.2, 0.25) is 0 Å². The van der Waals surface area contributed by atoms with Crippen LogP contribution in [0.5, 0.6) is 0 Å². The van der Waals surface area contributed by atoms with E-state index in [0.717, 1.165) is 54.9 Å². The summed E-state index contributed by atoms with van der Waals surface area (Å²) in [5.74, 6) is 3.41. The van der Waals surface area contributed by atoms with Crippen molar-refractivity contribution in [3.8, 4) is 0 Å². The molecule has 2 aromatic heterocycles. The first-order valence-electron chi connectivity index (χ1n) is 9.94. The minimum absolute atomic E-state index is 0.432. The van der Waals surface area contributed by atoms with E-state index in [-0.39, 0.29) is 0 Å². The highest BCUT2D eigenvalue weighted by Gasteiger charge is 2.34. The summed E-state index contributed by atoms with van der Waals surface area (Å²) in [6, 6.07) is 12.6. The summed E-state index contributed by atoms with van der Waals surface area (Å²) in [5.41, 5.74) is 2.21. The molecule has 0 aliphatic carbocycles. The second-order valence-electron chi connectivity index (χ2n) is 7.90. The van der Waals surface area contributed by atoms with Gasteiger partial charge in [0.1, 0.15) is 5.82 Å². The summed E-state index contributed by atoms with van der Waals surface area (Å²) in [4.78, 5) is 19.0. The topological polar surface area (TPSA) is 45.2 Å². The SMILES string of the molecule is CC1CCN(c2nccnc2C2CN(c3ccc4ccccc4n3)C2)CC1. The smallest absolute Gasteiger partial charge is 0.150 e. The molecule has 0 bridgehead atoms. The van der Waals surface area contributed by atoms with Crippen LogP contribution < -0.4 is 9.80 Å². The second-order valence-corrected chi connectivity index (χ2v) is 7.90. The lowest BCUT2D eigenvalue weighted by Crippen LogP contribution is -2.47. The Hall–Kier alpha value is -2.69. The number of anilines is 2. The van der Waals surface area contributed by atoms with Gasteiger partial charge >= 0.3 is 0 Å². The largest absolute Gasteiger partial charge is 0.355 e. The highest BCUT2D eigenvalue weighted by Crippen LogP contribution is 2.35. The molecule has 5 nitrogen and oxygen atoms in total. The van der Waals surface area contributed by atoms with Gasteiger partial charge in [0, 0.05) is 49.9 Å². The monoisotopic (exact) mass is 359 g/mol. The van der Waals surface area contributed by atoms with Gasteiger partial charge in [-0.15, -0.1) is 0 Å². The van der Waals surface area contributed by atoms with Gasteiger partial charge in [-0.25, -0.2) is 9.97 Å². The first kappa shape index (κ1) is 16.5. The third-order valence-electron chi connectivity index (χ3n) is 5.97. The Morgan fingerprint density at radius 3 is 2.52 bits per heavy atom. The lowest BCUT2D eigenvalue weighted by atomic mass is 9.94. The number of aromatic nitrogens is 3. The summed E-state index contributed by atoms with van der Waals surface area (Å²) in [5, 5.41) is 1.19. The molecule has 0 spiro atoms. The molecule has 0 radical (unpaired) electrons. The molecular weight excluding hydrogens is 334 g/mol. The zero-order chi connectivity index (χ0) is 18.2. The fraction of sp³-hybridized carbons (Fsp3) is 0.409. The molecule has 0 amide bonds. The van der Waals surface area contributed by atoms with Gasteiger partial charge in [-0.05, 0) is 37.0 Å². The van der Waals surface area contributed by atoms with Crippen molar-refractivity contribution in [2.75, 3.05) is 36.0 Å². The van der Waals surface area contributed by atoms with Gasteiger partial charge in [0.15, 0.2) is 5.82 Å². The molecule has 138 valence electrons. The van der Waals surface area contributed by atoms with E-state index in [9.17, 15) is 0 Å². The molecule has 5 rings (SSSR count). The number of rotatable bonds is 3. The molecular formula is C22H25N5. The van der Waals surface area contributed by atoms with E-state index in [1.54, 1.807) is 0 Å². The third kappa shape index (κ3) is 3.11. The fourth-order valence-electron chi connectivity index (χ4n) is 4.16. The van der Waals surface area contributed by atoms with Crippen LogP contribution in [0.1, 0.15) is 31.4 Å². The van der Waals surface area contributed by atoms with Crippen LogP contribution in [0.15, 0.2) is 48.8 Å². The number of para-hydroxylation sites is 1. The van der Waals surface area contributed by atoms with Crippen molar-refractivity contribution in [2.45, 2.75) is 25.7 Å². The molecule has 4 heterocycles. The Labute approximate surface area is 160 Å². The molecule has 1 aromatic carbocycles. The van der Waals surface area contributed by atoms with E-state index >= 15 is 0 Å². The number of hydrogen-bond acceptors (Lipinski definition) is 5. The lowest BCUT2D eigenvalue weighted by Gasteiger charge is -2.41. The van der Waals surface area contributed by atoms with Crippen molar-refractivity contribution < 1.29 is 0 Å². The third-order valence-corrected chi connectivity index (χ3v) is 5.97. The van der Waals surface area contributed by atoms with Crippen LogP contribution >= 0.6 is 0 Å². The molecule has 2 saturated heterocycles. The lowest BCUT2D eigenvalue weighted by molar-refractivity contribution is 0.432. The van der Waals surface area contributed by atoms with Gasteiger partial charge < -0.3 is 9.80 Å². The molecule has 0 N–H and O–H groups in total. The van der Waals surface area contributed by atoms with Crippen molar-refractivity contribution >= 4 is 22.5 Å². The molecule has 2 fully saturated rings. The number of hydrogen-bond donors (Lipinski definition) is 0. The summed E-state index contributed by atoms with van der Waals surface area (Å²) < 4.78 is 0. The maximum atomic E-state index is 4.83. The maximum Gasteiger partial charge on any atom is 0.150 e. The van der Waals surface area contributed by atoms with Crippen LogP contribution in [0.3, 0.4) is 0 Å². The molecule has 0 atom stereocenters. The Kier molecular flexibility index (Phi) is 4.15. The zero-order valence-corrected chi connectivity index (χ0v) is 15.8. The highest BCUT2D eigenvalue weighted by molar-refractivity contribution is 5.80. The van der Waals surface area contributed by atoms with Gasteiger partial charge in [-0.3, -0.25) is 4.98 Å². The van der Waals surface area contributed by atoms with Crippen LogP contribution in [0, 0.1) is 5.92 Å².